The Morgan fingerprint density at radius 3 is 1.84 bits per heavy atom. The van der Waals surface area contributed by atoms with Gasteiger partial charge in [-0.25, -0.2) is 15.0 Å². The zero-order valence-corrected chi connectivity index (χ0v) is 31.0. The van der Waals surface area contributed by atoms with Crippen molar-refractivity contribution in [3.8, 4) is 56.2 Å². The van der Waals surface area contributed by atoms with Crippen LogP contribution < -0.4 is 0 Å². The number of benzene rings is 7. The predicted octanol–water partition coefficient (Wildman–Crippen LogP) is 13.3. The molecular weight excluding hydrogens is 703 g/mol. The molecule has 0 N–H and O–H groups in total. The summed E-state index contributed by atoms with van der Waals surface area (Å²) in [7, 11) is 0. The quantitative estimate of drug-likeness (QED) is 0.170. The molecule has 56 heavy (non-hydrogen) atoms. The molecule has 2 aliphatic rings. The van der Waals surface area contributed by atoms with Crippen molar-refractivity contribution in [3.63, 3.8) is 0 Å². The summed E-state index contributed by atoms with van der Waals surface area (Å²) in [4.78, 5) is 17.1. The van der Waals surface area contributed by atoms with Crippen LogP contribution in [0.25, 0.3) is 83.7 Å². The zero-order valence-electron chi connectivity index (χ0n) is 30.2. The van der Waals surface area contributed by atoms with E-state index in [1.54, 1.807) is 0 Å². The summed E-state index contributed by atoms with van der Waals surface area (Å²) in [5.41, 5.74) is 12.8. The summed E-state index contributed by atoms with van der Waals surface area (Å²) >= 11 is 1.90. The van der Waals surface area contributed by atoms with Crippen LogP contribution in [0, 0.1) is 0 Å². The molecule has 2 atom stereocenters. The smallest absolute Gasteiger partial charge is 0.164 e. The highest BCUT2D eigenvalue weighted by Crippen LogP contribution is 2.52. The summed E-state index contributed by atoms with van der Waals surface area (Å²) in [6.45, 7) is 0. The summed E-state index contributed by atoms with van der Waals surface area (Å²) in [6, 6.07) is 59.5. The summed E-state index contributed by atoms with van der Waals surface area (Å²) < 4.78 is 6.42. The number of aromatic nitrogens is 3. The van der Waals surface area contributed by atoms with Crippen molar-refractivity contribution in [1.29, 1.82) is 0 Å². The van der Waals surface area contributed by atoms with Gasteiger partial charge in [-0.2, -0.15) is 0 Å². The van der Waals surface area contributed by atoms with Crippen LogP contribution in [-0.2, 0) is 0 Å². The maximum absolute atomic E-state index is 6.42. The molecule has 3 heterocycles. The molecule has 2 unspecified atom stereocenters. The number of hydrogen-bond donors (Lipinski definition) is 0. The molecule has 0 saturated heterocycles. The van der Waals surface area contributed by atoms with Gasteiger partial charge >= 0.3 is 0 Å². The van der Waals surface area contributed by atoms with Crippen molar-refractivity contribution in [2.45, 2.75) is 16.1 Å². The molecule has 0 bridgehead atoms. The van der Waals surface area contributed by atoms with E-state index in [1.807, 2.05) is 23.9 Å². The maximum atomic E-state index is 6.42. The standard InChI is InChI=1S/C51H33N3OS/c1-3-13-32(14-4-1)34-17-9-19-37(29-34)49-52-50(54-51(53-49)42-24-11-23-41-40-21-7-8-26-46(40)56-48(41)42)38-20-10-18-36(30-38)39-22-12-25-45-47(39)43-31-35(27-28-44(43)55-45)33-15-5-2-6-16-33/h1-31,41,48H. The Hall–Kier alpha value is -6.82. The largest absolute Gasteiger partial charge is 0.456 e. The molecule has 264 valence electrons. The number of thioether (sulfide) groups is 1. The van der Waals surface area contributed by atoms with E-state index in [1.165, 1.54) is 16.0 Å². The highest BCUT2D eigenvalue weighted by molar-refractivity contribution is 8.00. The van der Waals surface area contributed by atoms with Crippen molar-refractivity contribution in [2.24, 2.45) is 0 Å². The Balaban J connectivity index is 1.06. The van der Waals surface area contributed by atoms with Crippen LogP contribution in [0.4, 0.5) is 0 Å². The molecule has 0 amide bonds. The van der Waals surface area contributed by atoms with Gasteiger partial charge in [-0.05, 0) is 75.3 Å². The molecular formula is C51H33N3OS. The van der Waals surface area contributed by atoms with E-state index in [-0.39, 0.29) is 11.2 Å². The molecule has 0 spiro atoms. The van der Waals surface area contributed by atoms with Gasteiger partial charge in [0.1, 0.15) is 11.2 Å². The lowest BCUT2D eigenvalue weighted by Crippen LogP contribution is -2.16. The van der Waals surface area contributed by atoms with Crippen molar-refractivity contribution in [1.82, 2.24) is 15.0 Å². The Morgan fingerprint density at radius 1 is 0.464 bits per heavy atom. The third kappa shape index (κ3) is 5.67. The third-order valence-electron chi connectivity index (χ3n) is 10.9. The van der Waals surface area contributed by atoms with E-state index in [4.69, 9.17) is 19.4 Å². The highest BCUT2D eigenvalue weighted by Gasteiger charge is 2.37. The Morgan fingerprint density at radius 2 is 1.07 bits per heavy atom. The molecule has 1 aliphatic carbocycles. The Labute approximate surface area is 329 Å². The van der Waals surface area contributed by atoms with Gasteiger partial charge in [-0.15, -0.1) is 11.8 Å². The zero-order chi connectivity index (χ0) is 37.0. The number of rotatable bonds is 6. The predicted molar refractivity (Wildman–Crippen MR) is 230 cm³/mol. The van der Waals surface area contributed by atoms with E-state index in [0.29, 0.717) is 17.5 Å². The second kappa shape index (κ2) is 13.5. The highest BCUT2D eigenvalue weighted by atomic mass is 32.2. The van der Waals surface area contributed by atoms with Crippen LogP contribution in [-0.4, -0.2) is 20.2 Å². The molecule has 9 aromatic rings. The van der Waals surface area contributed by atoms with Crippen molar-refractivity contribution >= 4 is 39.3 Å². The van der Waals surface area contributed by atoms with E-state index < -0.39 is 0 Å². The average molecular weight is 736 g/mol. The number of hydrogen-bond acceptors (Lipinski definition) is 5. The SMILES string of the molecule is C1=CC2c3ccccc3SC2C(c2nc(-c3cccc(-c4ccccc4)c3)nc(-c3cccc(-c4cccc5oc6ccc(-c7ccccc7)cc6c45)c3)n2)=C1. The summed E-state index contributed by atoms with van der Waals surface area (Å²) in [6.07, 6.45) is 6.66. The van der Waals surface area contributed by atoms with Crippen LogP contribution in [0.5, 0.6) is 0 Å². The fraction of sp³-hybridized carbons (Fsp3) is 0.0392. The lowest BCUT2D eigenvalue weighted by Gasteiger charge is -2.22. The Bertz CT molecular complexity index is 3020. The first-order valence-electron chi connectivity index (χ1n) is 18.9. The van der Waals surface area contributed by atoms with Gasteiger partial charge in [0.25, 0.3) is 0 Å². The molecule has 11 rings (SSSR count). The van der Waals surface area contributed by atoms with Crippen molar-refractivity contribution in [2.75, 3.05) is 0 Å². The molecule has 5 heteroatoms. The second-order valence-electron chi connectivity index (χ2n) is 14.3. The monoisotopic (exact) mass is 735 g/mol. The van der Waals surface area contributed by atoms with E-state index in [9.17, 15) is 0 Å². The fourth-order valence-corrected chi connectivity index (χ4v) is 9.67. The first kappa shape index (κ1) is 32.6. The fourth-order valence-electron chi connectivity index (χ4n) is 8.21. The normalized spacial score (nSPS) is 15.8. The number of allylic oxidation sites excluding steroid dienone is 3. The Kier molecular flexibility index (Phi) is 7.85. The van der Waals surface area contributed by atoms with Gasteiger partial charge in [0, 0.05) is 43.5 Å². The topological polar surface area (TPSA) is 51.8 Å². The molecule has 7 aromatic carbocycles. The lowest BCUT2D eigenvalue weighted by molar-refractivity contribution is 0.669. The summed E-state index contributed by atoms with van der Waals surface area (Å²) in [5.74, 6) is 2.26. The van der Waals surface area contributed by atoms with Gasteiger partial charge in [0.15, 0.2) is 17.5 Å². The summed E-state index contributed by atoms with van der Waals surface area (Å²) in [5, 5.41) is 2.36. The minimum Gasteiger partial charge on any atom is -0.456 e. The molecule has 2 aromatic heterocycles. The van der Waals surface area contributed by atoms with Gasteiger partial charge in [0.05, 0.1) is 0 Å². The van der Waals surface area contributed by atoms with Crippen LogP contribution in [0.3, 0.4) is 0 Å². The minimum atomic E-state index is 0.176. The molecule has 0 saturated carbocycles. The average Bonchev–Trinajstić information content (AvgIpc) is 3.85. The van der Waals surface area contributed by atoms with Crippen molar-refractivity contribution < 1.29 is 4.42 Å². The van der Waals surface area contributed by atoms with Crippen molar-refractivity contribution in [3.05, 3.63) is 199 Å². The van der Waals surface area contributed by atoms with E-state index in [2.05, 4.69) is 176 Å². The molecule has 1 aliphatic heterocycles. The first-order chi connectivity index (χ1) is 27.7. The van der Waals surface area contributed by atoms with E-state index in [0.717, 1.165) is 66.5 Å². The van der Waals surface area contributed by atoms with Crippen LogP contribution in [0.2, 0.25) is 0 Å². The molecule has 0 fully saturated rings. The number of fused-ring (bicyclic) bond motifs is 6. The van der Waals surface area contributed by atoms with E-state index >= 15 is 0 Å². The number of furan rings is 1. The van der Waals surface area contributed by atoms with Gasteiger partial charge in [-0.1, -0.05) is 152 Å². The van der Waals surface area contributed by atoms with Crippen LogP contribution in [0.15, 0.2) is 197 Å². The van der Waals surface area contributed by atoms with Gasteiger partial charge < -0.3 is 4.42 Å². The first-order valence-corrected chi connectivity index (χ1v) is 19.8. The van der Waals surface area contributed by atoms with Crippen LogP contribution >= 0.6 is 11.8 Å². The maximum Gasteiger partial charge on any atom is 0.164 e. The van der Waals surface area contributed by atoms with Gasteiger partial charge in [-0.3, -0.25) is 0 Å². The molecule has 0 radical (unpaired) electrons. The second-order valence-corrected chi connectivity index (χ2v) is 15.5. The lowest BCUT2D eigenvalue weighted by atomic mass is 9.88. The van der Waals surface area contributed by atoms with Gasteiger partial charge in [0.2, 0.25) is 0 Å². The number of nitrogens with zero attached hydrogens (tertiary/aromatic N) is 3. The third-order valence-corrected chi connectivity index (χ3v) is 12.3. The molecule has 4 nitrogen and oxygen atoms in total. The van der Waals surface area contributed by atoms with Crippen LogP contribution in [0.1, 0.15) is 17.3 Å². The minimum absolute atomic E-state index is 0.176.